The minimum absolute atomic E-state index is 0.0116. The molecule has 0 fully saturated rings. The van der Waals surface area contributed by atoms with E-state index in [4.69, 9.17) is 14.2 Å². The van der Waals surface area contributed by atoms with Crippen LogP contribution in [0.25, 0.3) is 0 Å². The number of ketones is 1. The zero-order chi connectivity index (χ0) is 33.2. The van der Waals surface area contributed by atoms with Gasteiger partial charge in [-0.3, -0.25) is 19.2 Å². The van der Waals surface area contributed by atoms with Crippen molar-refractivity contribution in [3.8, 4) is 0 Å². The molecule has 43 heavy (non-hydrogen) atoms. The molecular formula is C33H55N3O7. The van der Waals surface area contributed by atoms with Crippen molar-refractivity contribution in [3.63, 3.8) is 0 Å². The van der Waals surface area contributed by atoms with Gasteiger partial charge in [-0.25, -0.2) is 0 Å². The fraction of sp³-hybridized carbons (Fsp3) is 0.636. The van der Waals surface area contributed by atoms with Crippen molar-refractivity contribution < 1.29 is 33.4 Å². The summed E-state index contributed by atoms with van der Waals surface area (Å²) in [5.41, 5.74) is 0.657. The molecule has 0 radical (unpaired) electrons. The molecule has 10 heteroatoms. The van der Waals surface area contributed by atoms with Crippen LogP contribution in [0.15, 0.2) is 48.6 Å². The summed E-state index contributed by atoms with van der Waals surface area (Å²) >= 11 is 0. The first-order chi connectivity index (χ1) is 20.0. The van der Waals surface area contributed by atoms with Crippen LogP contribution in [-0.2, 0) is 33.4 Å². The first-order valence-electron chi connectivity index (χ1n) is 14.8. The van der Waals surface area contributed by atoms with Crippen LogP contribution < -0.4 is 16.0 Å². The number of amides is 3. The molecule has 3 unspecified atom stereocenters. The molecular weight excluding hydrogens is 550 g/mol. The van der Waals surface area contributed by atoms with Crippen LogP contribution in [0.4, 0.5) is 0 Å². The summed E-state index contributed by atoms with van der Waals surface area (Å²) in [6, 6.07) is 0. The lowest BCUT2D eigenvalue weighted by molar-refractivity contribution is -0.125. The van der Waals surface area contributed by atoms with Gasteiger partial charge >= 0.3 is 0 Å². The number of carbonyl (C=O) groups excluding carboxylic acids is 4. The van der Waals surface area contributed by atoms with Crippen LogP contribution in [0.3, 0.4) is 0 Å². The van der Waals surface area contributed by atoms with E-state index in [-0.39, 0.29) is 61.1 Å². The number of ether oxygens (including phenoxy) is 3. The van der Waals surface area contributed by atoms with Gasteiger partial charge in [0.05, 0.1) is 33.0 Å². The standard InChI is InChI=1S/C33H55N3O7/c1-22(2)29(37)13-12-26(9)16-41-19-33(36-32(40)25(7)8,20-42-17-27(10)14-34-30(38)23(3)4)21-43-18-28(11)15-35-31(39)24(5)6/h26-28H,1,3,5,7,12-21H2,2,4,6,8-11H3,(H,34,38)(H,35,39)(H,36,40). The number of nitrogens with one attached hydrogen (secondary N) is 3. The smallest absolute Gasteiger partial charge is 0.246 e. The van der Waals surface area contributed by atoms with Gasteiger partial charge in [0, 0.05) is 42.8 Å². The quantitative estimate of drug-likeness (QED) is 0.143. The molecule has 0 saturated heterocycles. The summed E-state index contributed by atoms with van der Waals surface area (Å²) in [4.78, 5) is 48.5. The summed E-state index contributed by atoms with van der Waals surface area (Å²) in [5, 5.41) is 8.62. The van der Waals surface area contributed by atoms with E-state index >= 15 is 0 Å². The predicted octanol–water partition coefficient (Wildman–Crippen LogP) is 3.69. The highest BCUT2D eigenvalue weighted by Crippen LogP contribution is 2.15. The number of carbonyl (C=O) groups is 4. The zero-order valence-electron chi connectivity index (χ0n) is 27.5. The highest BCUT2D eigenvalue weighted by atomic mass is 16.5. The van der Waals surface area contributed by atoms with Gasteiger partial charge in [0.25, 0.3) is 0 Å². The van der Waals surface area contributed by atoms with E-state index in [9.17, 15) is 19.2 Å². The SMILES string of the molecule is C=C(C)C(=O)CCC(C)COCC(COCC(C)CNC(=O)C(=C)C)(COCC(C)CNC(=O)C(=C)C)NC(=O)C(=C)C. The van der Waals surface area contributed by atoms with Crippen LogP contribution in [0.1, 0.15) is 61.3 Å². The Balaban J connectivity index is 5.55. The molecule has 0 aromatic carbocycles. The van der Waals surface area contributed by atoms with E-state index < -0.39 is 5.54 Å². The fourth-order valence-corrected chi connectivity index (χ4v) is 3.57. The Hall–Kier alpha value is -3.08. The Morgan fingerprint density at radius 2 is 0.977 bits per heavy atom. The largest absolute Gasteiger partial charge is 0.379 e. The van der Waals surface area contributed by atoms with Gasteiger partial charge in [-0.15, -0.1) is 0 Å². The molecule has 0 aromatic rings. The van der Waals surface area contributed by atoms with Gasteiger partial charge in [0.2, 0.25) is 17.7 Å². The van der Waals surface area contributed by atoms with Crippen LogP contribution in [0, 0.1) is 17.8 Å². The van der Waals surface area contributed by atoms with Gasteiger partial charge in [-0.05, 0) is 57.4 Å². The highest BCUT2D eigenvalue weighted by molar-refractivity contribution is 5.94. The number of rotatable bonds is 24. The molecule has 0 spiro atoms. The van der Waals surface area contributed by atoms with Crippen molar-refractivity contribution in [2.24, 2.45) is 17.8 Å². The second-order valence-corrected chi connectivity index (χ2v) is 12.1. The van der Waals surface area contributed by atoms with Crippen LogP contribution in [0.5, 0.6) is 0 Å². The van der Waals surface area contributed by atoms with Crippen molar-refractivity contribution >= 4 is 23.5 Å². The summed E-state index contributed by atoms with van der Waals surface area (Å²) in [6.07, 6.45) is 1.04. The molecule has 10 nitrogen and oxygen atoms in total. The molecule has 0 aliphatic rings. The molecule has 0 bridgehead atoms. The Bertz CT molecular complexity index is 902. The molecule has 0 saturated carbocycles. The summed E-state index contributed by atoms with van der Waals surface area (Å²) < 4.78 is 18.2. The van der Waals surface area contributed by atoms with Gasteiger partial charge in [-0.1, -0.05) is 47.1 Å². The molecule has 0 heterocycles. The minimum atomic E-state index is -1.05. The Kier molecular flexibility index (Phi) is 19.3. The molecule has 0 aliphatic heterocycles. The minimum Gasteiger partial charge on any atom is -0.379 e. The predicted molar refractivity (Wildman–Crippen MR) is 170 cm³/mol. The third kappa shape index (κ3) is 18.2. The lowest BCUT2D eigenvalue weighted by Gasteiger charge is -2.35. The van der Waals surface area contributed by atoms with Gasteiger partial charge in [0.15, 0.2) is 5.78 Å². The number of allylic oxidation sites excluding steroid dienone is 1. The molecule has 3 N–H and O–H groups in total. The second kappa shape index (κ2) is 20.8. The summed E-state index contributed by atoms with van der Waals surface area (Å²) in [5.74, 6) is -0.703. The molecule has 244 valence electrons. The molecule has 3 atom stereocenters. The third-order valence-electron chi connectivity index (χ3n) is 6.45. The van der Waals surface area contributed by atoms with E-state index in [0.717, 1.165) is 0 Å². The van der Waals surface area contributed by atoms with Crippen molar-refractivity contribution in [1.82, 2.24) is 16.0 Å². The van der Waals surface area contributed by atoms with E-state index in [1.165, 1.54) is 0 Å². The fourth-order valence-electron chi connectivity index (χ4n) is 3.57. The van der Waals surface area contributed by atoms with Crippen LogP contribution in [0.2, 0.25) is 0 Å². The topological polar surface area (TPSA) is 132 Å². The van der Waals surface area contributed by atoms with Crippen molar-refractivity contribution in [3.05, 3.63) is 48.6 Å². The van der Waals surface area contributed by atoms with E-state index in [1.807, 2.05) is 20.8 Å². The van der Waals surface area contributed by atoms with E-state index in [0.29, 0.717) is 68.0 Å². The van der Waals surface area contributed by atoms with Crippen LogP contribution in [-0.4, -0.2) is 81.8 Å². The number of hydrogen-bond acceptors (Lipinski definition) is 7. The highest BCUT2D eigenvalue weighted by Gasteiger charge is 2.34. The normalized spacial score (nSPS) is 14.4. The third-order valence-corrected chi connectivity index (χ3v) is 6.45. The van der Waals surface area contributed by atoms with Crippen molar-refractivity contribution in [1.29, 1.82) is 0 Å². The Morgan fingerprint density at radius 1 is 0.605 bits per heavy atom. The molecule has 0 aliphatic carbocycles. The van der Waals surface area contributed by atoms with Crippen LogP contribution >= 0.6 is 0 Å². The zero-order valence-corrected chi connectivity index (χ0v) is 27.5. The van der Waals surface area contributed by atoms with E-state index in [1.54, 1.807) is 27.7 Å². The summed E-state index contributed by atoms with van der Waals surface area (Å²) in [7, 11) is 0. The maximum Gasteiger partial charge on any atom is 0.246 e. The maximum absolute atomic E-state index is 12.8. The molecule has 3 amide bonds. The monoisotopic (exact) mass is 605 g/mol. The average Bonchev–Trinajstić information content (AvgIpc) is 2.92. The van der Waals surface area contributed by atoms with Crippen molar-refractivity contribution in [2.75, 3.05) is 52.7 Å². The first kappa shape index (κ1) is 39.9. The number of hydrogen-bond donors (Lipinski definition) is 3. The summed E-state index contributed by atoms with van der Waals surface area (Å²) in [6.45, 7) is 29.2. The lowest BCUT2D eigenvalue weighted by Crippen LogP contribution is -2.59. The van der Waals surface area contributed by atoms with Gasteiger partial charge in [-0.2, -0.15) is 0 Å². The Labute approximate surface area is 258 Å². The van der Waals surface area contributed by atoms with E-state index in [2.05, 4.69) is 42.3 Å². The van der Waals surface area contributed by atoms with Gasteiger partial charge in [0.1, 0.15) is 5.54 Å². The molecule has 0 aromatic heterocycles. The molecule has 0 rings (SSSR count). The number of Topliss-reactive ketones (excluding diaryl/α,β-unsaturated/α-hetero) is 1. The van der Waals surface area contributed by atoms with Crippen molar-refractivity contribution in [2.45, 2.75) is 66.8 Å². The maximum atomic E-state index is 12.8. The Morgan fingerprint density at radius 3 is 1.33 bits per heavy atom. The lowest BCUT2D eigenvalue weighted by atomic mass is 10.0. The average molecular weight is 606 g/mol. The second-order valence-electron chi connectivity index (χ2n) is 12.1. The first-order valence-corrected chi connectivity index (χ1v) is 14.8. The van der Waals surface area contributed by atoms with Gasteiger partial charge < -0.3 is 30.2 Å².